The van der Waals surface area contributed by atoms with Crippen LogP contribution in [0.25, 0.3) is 0 Å². The van der Waals surface area contributed by atoms with Crippen LogP contribution in [-0.4, -0.2) is 79.8 Å². The van der Waals surface area contributed by atoms with Crippen molar-refractivity contribution in [3.63, 3.8) is 0 Å². The van der Waals surface area contributed by atoms with Crippen molar-refractivity contribution >= 4 is 21.9 Å². The summed E-state index contributed by atoms with van der Waals surface area (Å²) < 4.78 is 30.4. The summed E-state index contributed by atoms with van der Waals surface area (Å²) >= 11 is 0. The van der Waals surface area contributed by atoms with E-state index < -0.39 is 28.4 Å². The maximum absolute atomic E-state index is 12.0. The van der Waals surface area contributed by atoms with Crippen LogP contribution in [0.2, 0.25) is 0 Å². The zero-order valence-electron chi connectivity index (χ0n) is 11.5. The molecule has 1 heterocycles. The number of hydrogen-bond acceptors (Lipinski definition) is 5. The Morgan fingerprint density at radius 3 is 2.48 bits per heavy atom. The molecule has 0 atom stereocenters. The summed E-state index contributed by atoms with van der Waals surface area (Å²) in [5, 5.41) is 8.69. The Kier molecular flexibility index (Phi) is 6.61. The van der Waals surface area contributed by atoms with E-state index in [1.807, 2.05) is 0 Å². The first-order valence-corrected chi connectivity index (χ1v) is 7.96. The molecule has 1 saturated heterocycles. The molecule has 1 aliphatic heterocycles. The molecule has 1 amide bonds. The first kappa shape index (κ1) is 17.4. The lowest BCUT2D eigenvalue weighted by molar-refractivity contribution is -0.143. The summed E-state index contributed by atoms with van der Waals surface area (Å²) in [6.07, 6.45) is 4.77. The van der Waals surface area contributed by atoms with Crippen molar-refractivity contribution in [2.75, 3.05) is 45.1 Å². The monoisotopic (exact) mass is 318 g/mol. The largest absolute Gasteiger partial charge is 0.480 e. The highest BCUT2D eigenvalue weighted by molar-refractivity contribution is 7.89. The molecule has 0 bridgehead atoms. The van der Waals surface area contributed by atoms with Crippen LogP contribution < -0.4 is 0 Å². The molecule has 0 spiro atoms. The number of hydrogen-bond donors (Lipinski definition) is 1. The van der Waals surface area contributed by atoms with E-state index in [4.69, 9.17) is 16.3 Å². The molecule has 1 fully saturated rings. The van der Waals surface area contributed by atoms with Gasteiger partial charge >= 0.3 is 5.97 Å². The number of nitrogens with zero attached hydrogens (tertiary/aromatic N) is 2. The van der Waals surface area contributed by atoms with Gasteiger partial charge in [0.25, 0.3) is 0 Å². The van der Waals surface area contributed by atoms with Crippen molar-refractivity contribution in [3.05, 3.63) is 0 Å². The highest BCUT2D eigenvalue weighted by atomic mass is 32.2. The molecule has 0 aromatic rings. The second kappa shape index (κ2) is 7.97. The summed E-state index contributed by atoms with van der Waals surface area (Å²) in [5.74, 6) is 0.0214. The minimum atomic E-state index is -3.55. The fourth-order valence-corrected chi connectivity index (χ4v) is 3.23. The number of rotatable bonds is 7. The highest BCUT2D eigenvalue weighted by Crippen LogP contribution is 2.08. The van der Waals surface area contributed by atoms with Crippen molar-refractivity contribution in [1.82, 2.24) is 9.21 Å². The normalized spacial score (nSPS) is 16.1. The predicted octanol–water partition coefficient (Wildman–Crippen LogP) is -1.42. The van der Waals surface area contributed by atoms with Crippen LogP contribution in [0.4, 0.5) is 0 Å². The summed E-state index contributed by atoms with van der Waals surface area (Å²) in [6, 6.07) is 0. The summed E-state index contributed by atoms with van der Waals surface area (Å²) in [6.45, 7) is 0.480. The van der Waals surface area contributed by atoms with Crippen LogP contribution in [0, 0.1) is 12.3 Å². The number of terminal acetylenes is 1. The molecule has 0 aliphatic carbocycles. The summed E-state index contributed by atoms with van der Waals surface area (Å²) in [4.78, 5) is 23.4. The lowest BCUT2D eigenvalue weighted by atomic mass is 10.3. The van der Waals surface area contributed by atoms with E-state index in [9.17, 15) is 18.0 Å². The van der Waals surface area contributed by atoms with Gasteiger partial charge in [-0.05, 0) is 0 Å². The third kappa shape index (κ3) is 5.71. The Morgan fingerprint density at radius 2 is 1.95 bits per heavy atom. The van der Waals surface area contributed by atoms with Gasteiger partial charge in [-0.25, -0.2) is 8.42 Å². The average molecular weight is 318 g/mol. The van der Waals surface area contributed by atoms with Gasteiger partial charge in [-0.2, -0.15) is 4.31 Å². The minimum absolute atomic E-state index is 0.164. The number of carboxylic acid groups (broad SMARTS) is 1. The number of carboxylic acids is 1. The Morgan fingerprint density at radius 1 is 1.33 bits per heavy atom. The number of morpholine rings is 1. The molecule has 0 radical (unpaired) electrons. The Labute approximate surface area is 123 Å². The smallest absolute Gasteiger partial charge is 0.323 e. The molecule has 9 heteroatoms. The van der Waals surface area contributed by atoms with Crippen LogP contribution in [0.1, 0.15) is 6.42 Å². The standard InChI is InChI=1S/C12H18N2O6S/c1-2-4-13(10-12(16)17)11(15)3-9-21(18,19)14-5-7-20-8-6-14/h1H,3-10H2,(H,16,17). The molecule has 21 heavy (non-hydrogen) atoms. The van der Waals surface area contributed by atoms with Gasteiger partial charge in [0.1, 0.15) is 6.54 Å². The van der Waals surface area contributed by atoms with E-state index in [2.05, 4.69) is 5.92 Å². The number of ether oxygens (including phenoxy) is 1. The fraction of sp³-hybridized carbons (Fsp3) is 0.667. The third-order valence-corrected chi connectivity index (χ3v) is 4.77. The van der Waals surface area contributed by atoms with E-state index in [-0.39, 0.29) is 31.8 Å². The van der Waals surface area contributed by atoms with E-state index in [0.717, 1.165) is 4.90 Å². The molecule has 0 unspecified atom stereocenters. The van der Waals surface area contributed by atoms with Gasteiger partial charge in [-0.15, -0.1) is 6.42 Å². The number of carbonyl (C=O) groups is 2. The maximum atomic E-state index is 12.0. The van der Waals surface area contributed by atoms with Crippen molar-refractivity contribution in [1.29, 1.82) is 0 Å². The molecule has 1 aliphatic rings. The quantitative estimate of drug-likeness (QED) is 0.578. The molecule has 0 saturated carbocycles. The van der Waals surface area contributed by atoms with Crippen LogP contribution in [0.15, 0.2) is 0 Å². The van der Waals surface area contributed by atoms with Crippen molar-refractivity contribution in [2.24, 2.45) is 0 Å². The second-order valence-electron chi connectivity index (χ2n) is 4.43. The lowest BCUT2D eigenvalue weighted by Gasteiger charge is -2.26. The third-order valence-electron chi connectivity index (χ3n) is 2.90. The minimum Gasteiger partial charge on any atom is -0.480 e. The van der Waals surface area contributed by atoms with Gasteiger partial charge in [-0.3, -0.25) is 9.59 Å². The number of carbonyl (C=O) groups excluding carboxylic acids is 1. The van der Waals surface area contributed by atoms with Gasteiger partial charge in [0.05, 0.1) is 25.5 Å². The molecule has 1 N–H and O–H groups in total. The van der Waals surface area contributed by atoms with Crippen molar-refractivity contribution < 1.29 is 27.9 Å². The van der Waals surface area contributed by atoms with Crippen molar-refractivity contribution in [3.8, 4) is 12.3 Å². The Hall–Kier alpha value is -1.63. The van der Waals surface area contributed by atoms with Crippen molar-refractivity contribution in [2.45, 2.75) is 6.42 Å². The number of aliphatic carboxylic acids is 1. The topological polar surface area (TPSA) is 104 Å². The number of amides is 1. The van der Waals surface area contributed by atoms with Crippen LogP contribution in [0.5, 0.6) is 0 Å². The molecular formula is C12H18N2O6S. The van der Waals surface area contributed by atoms with Crippen LogP contribution >= 0.6 is 0 Å². The van der Waals surface area contributed by atoms with Gasteiger partial charge < -0.3 is 14.7 Å². The molecule has 8 nitrogen and oxygen atoms in total. The summed E-state index contributed by atoms with van der Waals surface area (Å²) in [5.41, 5.74) is 0. The van der Waals surface area contributed by atoms with Crippen LogP contribution in [-0.2, 0) is 24.3 Å². The van der Waals surface area contributed by atoms with Gasteiger partial charge in [0.2, 0.25) is 15.9 Å². The lowest BCUT2D eigenvalue weighted by Crippen LogP contribution is -2.43. The molecule has 0 aromatic heterocycles. The van der Waals surface area contributed by atoms with Crippen LogP contribution in [0.3, 0.4) is 0 Å². The van der Waals surface area contributed by atoms with Gasteiger partial charge in [-0.1, -0.05) is 5.92 Å². The predicted molar refractivity (Wildman–Crippen MR) is 73.8 cm³/mol. The Balaban J connectivity index is 2.57. The SMILES string of the molecule is C#CCN(CC(=O)O)C(=O)CCS(=O)(=O)N1CCOCC1. The molecule has 0 aromatic carbocycles. The molecule has 118 valence electrons. The molecule has 1 rings (SSSR count). The zero-order chi connectivity index (χ0) is 15.9. The van der Waals surface area contributed by atoms with Gasteiger partial charge in [0, 0.05) is 19.5 Å². The fourth-order valence-electron chi connectivity index (χ4n) is 1.83. The highest BCUT2D eigenvalue weighted by Gasteiger charge is 2.26. The van der Waals surface area contributed by atoms with E-state index in [1.54, 1.807) is 0 Å². The number of sulfonamides is 1. The zero-order valence-corrected chi connectivity index (χ0v) is 12.3. The Bertz CT molecular complexity index is 518. The maximum Gasteiger partial charge on any atom is 0.323 e. The van der Waals surface area contributed by atoms with E-state index in [0.29, 0.717) is 13.2 Å². The average Bonchev–Trinajstić information content (AvgIpc) is 2.45. The van der Waals surface area contributed by atoms with Gasteiger partial charge in [0.15, 0.2) is 0 Å². The van der Waals surface area contributed by atoms with E-state index in [1.165, 1.54) is 4.31 Å². The first-order chi connectivity index (χ1) is 9.86. The first-order valence-electron chi connectivity index (χ1n) is 6.35. The van der Waals surface area contributed by atoms with E-state index >= 15 is 0 Å². The summed E-state index contributed by atoms with van der Waals surface area (Å²) in [7, 11) is -3.55. The second-order valence-corrected chi connectivity index (χ2v) is 6.51. The molecular weight excluding hydrogens is 300 g/mol.